The molecule has 0 unspecified atom stereocenters. The molecule has 1 N–H and O–H groups in total. The van der Waals surface area contributed by atoms with Gasteiger partial charge in [-0.3, -0.25) is 4.98 Å². The molecule has 19 heavy (non-hydrogen) atoms. The van der Waals surface area contributed by atoms with Crippen LogP contribution in [0.5, 0.6) is 11.5 Å². The first kappa shape index (κ1) is 12.9. The number of carboxylic acids is 1. The standard InChI is InChI=1S/C14H13NO4/c1-18-12-7-9-8-15-6-5-10(9)11(14(12)19-2)3-4-13(16)17/h3-8H,1-2H3,(H,16,17)/b4-3+. The zero-order chi connectivity index (χ0) is 13.8. The first-order valence-electron chi connectivity index (χ1n) is 5.57. The fraction of sp³-hybridized carbons (Fsp3) is 0.143. The molecular formula is C14H13NO4. The Morgan fingerprint density at radius 2 is 2.16 bits per heavy atom. The van der Waals surface area contributed by atoms with Crippen LogP contribution in [-0.2, 0) is 4.79 Å². The van der Waals surface area contributed by atoms with Gasteiger partial charge in [0.1, 0.15) is 0 Å². The van der Waals surface area contributed by atoms with Crippen molar-refractivity contribution in [3.8, 4) is 11.5 Å². The molecule has 0 fully saturated rings. The summed E-state index contributed by atoms with van der Waals surface area (Å²) in [6.45, 7) is 0. The highest BCUT2D eigenvalue weighted by molar-refractivity contribution is 5.97. The zero-order valence-corrected chi connectivity index (χ0v) is 10.6. The zero-order valence-electron chi connectivity index (χ0n) is 10.6. The van der Waals surface area contributed by atoms with Crippen molar-refractivity contribution in [2.24, 2.45) is 0 Å². The van der Waals surface area contributed by atoms with Crippen LogP contribution < -0.4 is 9.47 Å². The third-order valence-corrected chi connectivity index (χ3v) is 2.71. The molecule has 1 aromatic heterocycles. The van der Waals surface area contributed by atoms with Crippen LogP contribution in [0.25, 0.3) is 16.8 Å². The van der Waals surface area contributed by atoms with Crippen LogP contribution in [0.1, 0.15) is 5.56 Å². The van der Waals surface area contributed by atoms with Gasteiger partial charge in [-0.2, -0.15) is 0 Å². The minimum absolute atomic E-state index is 0.499. The predicted molar refractivity (Wildman–Crippen MR) is 71.5 cm³/mol. The Labute approximate surface area is 110 Å². The second-order valence-corrected chi connectivity index (χ2v) is 3.79. The molecule has 0 amide bonds. The second-order valence-electron chi connectivity index (χ2n) is 3.79. The van der Waals surface area contributed by atoms with Crippen LogP contribution in [-0.4, -0.2) is 30.3 Å². The molecule has 5 nitrogen and oxygen atoms in total. The van der Waals surface area contributed by atoms with E-state index in [1.165, 1.54) is 20.3 Å². The van der Waals surface area contributed by atoms with Crippen molar-refractivity contribution in [3.05, 3.63) is 36.2 Å². The van der Waals surface area contributed by atoms with Gasteiger partial charge in [0.2, 0.25) is 0 Å². The minimum Gasteiger partial charge on any atom is -0.493 e. The Morgan fingerprint density at radius 1 is 1.37 bits per heavy atom. The normalized spacial score (nSPS) is 10.8. The van der Waals surface area contributed by atoms with Crippen molar-refractivity contribution >= 4 is 22.8 Å². The highest BCUT2D eigenvalue weighted by Crippen LogP contribution is 2.37. The number of carboxylic acid groups (broad SMARTS) is 1. The quantitative estimate of drug-likeness (QED) is 0.853. The number of pyridine rings is 1. The lowest BCUT2D eigenvalue weighted by Crippen LogP contribution is -1.95. The van der Waals surface area contributed by atoms with Gasteiger partial charge in [-0.05, 0) is 23.6 Å². The summed E-state index contributed by atoms with van der Waals surface area (Å²) in [5.74, 6) is 0.0128. The predicted octanol–water partition coefficient (Wildman–Crippen LogP) is 2.35. The third kappa shape index (κ3) is 2.49. The van der Waals surface area contributed by atoms with E-state index in [0.29, 0.717) is 17.1 Å². The topological polar surface area (TPSA) is 68.7 Å². The Bertz CT molecular complexity index is 649. The molecule has 2 rings (SSSR count). The Morgan fingerprint density at radius 3 is 2.79 bits per heavy atom. The van der Waals surface area contributed by atoms with Crippen LogP contribution in [0, 0.1) is 0 Å². The summed E-state index contributed by atoms with van der Waals surface area (Å²) >= 11 is 0. The Hall–Kier alpha value is -2.56. The average molecular weight is 259 g/mol. The molecule has 0 radical (unpaired) electrons. The molecule has 0 saturated heterocycles. The van der Waals surface area contributed by atoms with E-state index in [4.69, 9.17) is 14.6 Å². The van der Waals surface area contributed by atoms with Crippen molar-refractivity contribution in [1.29, 1.82) is 0 Å². The summed E-state index contributed by atoms with van der Waals surface area (Å²) in [7, 11) is 3.05. The van der Waals surface area contributed by atoms with E-state index < -0.39 is 5.97 Å². The van der Waals surface area contributed by atoms with Crippen molar-refractivity contribution < 1.29 is 19.4 Å². The largest absolute Gasteiger partial charge is 0.493 e. The molecule has 2 aromatic rings. The van der Waals surface area contributed by atoms with Crippen molar-refractivity contribution in [2.45, 2.75) is 0 Å². The number of aromatic nitrogens is 1. The van der Waals surface area contributed by atoms with E-state index in [2.05, 4.69) is 4.98 Å². The van der Waals surface area contributed by atoms with Gasteiger partial charge < -0.3 is 14.6 Å². The Kier molecular flexibility index (Phi) is 3.66. The van der Waals surface area contributed by atoms with Crippen LogP contribution >= 0.6 is 0 Å². The monoisotopic (exact) mass is 259 g/mol. The van der Waals surface area contributed by atoms with E-state index in [0.717, 1.165) is 16.8 Å². The highest BCUT2D eigenvalue weighted by atomic mass is 16.5. The lowest BCUT2D eigenvalue weighted by Gasteiger charge is -2.13. The van der Waals surface area contributed by atoms with Gasteiger partial charge in [-0.25, -0.2) is 4.79 Å². The van der Waals surface area contributed by atoms with Crippen molar-refractivity contribution in [1.82, 2.24) is 4.98 Å². The first-order valence-corrected chi connectivity index (χ1v) is 5.57. The maximum Gasteiger partial charge on any atom is 0.328 e. The molecule has 0 bridgehead atoms. The lowest BCUT2D eigenvalue weighted by atomic mass is 10.0. The van der Waals surface area contributed by atoms with Crippen molar-refractivity contribution in [2.75, 3.05) is 14.2 Å². The van der Waals surface area contributed by atoms with Gasteiger partial charge in [0.25, 0.3) is 0 Å². The molecular weight excluding hydrogens is 246 g/mol. The fourth-order valence-electron chi connectivity index (χ4n) is 1.91. The van der Waals surface area contributed by atoms with Gasteiger partial charge >= 0.3 is 5.97 Å². The van der Waals surface area contributed by atoms with E-state index >= 15 is 0 Å². The number of carbonyl (C=O) groups is 1. The number of hydrogen-bond acceptors (Lipinski definition) is 4. The molecule has 5 heteroatoms. The van der Waals surface area contributed by atoms with Gasteiger partial charge in [-0.15, -0.1) is 0 Å². The van der Waals surface area contributed by atoms with E-state index in [1.807, 2.05) is 0 Å². The van der Waals surface area contributed by atoms with Crippen LogP contribution in [0.15, 0.2) is 30.6 Å². The molecule has 0 aliphatic heterocycles. The fourth-order valence-corrected chi connectivity index (χ4v) is 1.91. The molecule has 98 valence electrons. The molecule has 0 aliphatic carbocycles. The number of hydrogen-bond donors (Lipinski definition) is 1. The maximum atomic E-state index is 10.7. The smallest absolute Gasteiger partial charge is 0.328 e. The molecule has 1 heterocycles. The SMILES string of the molecule is COc1cc2cnccc2c(/C=C/C(=O)O)c1OC. The number of aliphatic carboxylic acids is 1. The van der Waals surface area contributed by atoms with Crippen LogP contribution in [0.2, 0.25) is 0 Å². The first-order chi connectivity index (χ1) is 9.17. The number of nitrogens with zero attached hydrogens (tertiary/aromatic N) is 1. The maximum absolute atomic E-state index is 10.7. The lowest BCUT2D eigenvalue weighted by molar-refractivity contribution is -0.131. The summed E-state index contributed by atoms with van der Waals surface area (Å²) in [5.41, 5.74) is 0.654. The Balaban J connectivity index is 2.77. The number of ether oxygens (including phenoxy) is 2. The van der Waals surface area contributed by atoms with Gasteiger partial charge in [-0.1, -0.05) is 0 Å². The second kappa shape index (κ2) is 5.39. The summed E-state index contributed by atoms with van der Waals surface area (Å²) in [5, 5.41) is 10.5. The summed E-state index contributed by atoms with van der Waals surface area (Å²) in [4.78, 5) is 14.7. The van der Waals surface area contributed by atoms with E-state index in [-0.39, 0.29) is 0 Å². The van der Waals surface area contributed by atoms with Gasteiger partial charge in [0.15, 0.2) is 11.5 Å². The van der Waals surface area contributed by atoms with Gasteiger partial charge in [0, 0.05) is 29.4 Å². The van der Waals surface area contributed by atoms with E-state index in [1.54, 1.807) is 24.5 Å². The third-order valence-electron chi connectivity index (χ3n) is 2.71. The van der Waals surface area contributed by atoms with Crippen molar-refractivity contribution in [3.63, 3.8) is 0 Å². The number of benzene rings is 1. The van der Waals surface area contributed by atoms with Gasteiger partial charge in [0.05, 0.1) is 14.2 Å². The number of methoxy groups -OCH3 is 2. The van der Waals surface area contributed by atoms with Crippen LogP contribution in [0.3, 0.4) is 0 Å². The minimum atomic E-state index is -1.02. The highest BCUT2D eigenvalue weighted by Gasteiger charge is 2.13. The molecule has 0 atom stereocenters. The molecule has 0 spiro atoms. The summed E-state index contributed by atoms with van der Waals surface area (Å²) in [6.07, 6.45) is 5.89. The number of rotatable bonds is 4. The summed E-state index contributed by atoms with van der Waals surface area (Å²) in [6, 6.07) is 3.61. The molecule has 0 aliphatic rings. The average Bonchev–Trinajstić information content (AvgIpc) is 2.43. The summed E-state index contributed by atoms with van der Waals surface area (Å²) < 4.78 is 10.6. The van der Waals surface area contributed by atoms with Crippen LogP contribution in [0.4, 0.5) is 0 Å². The molecule has 0 saturated carbocycles. The van der Waals surface area contributed by atoms with E-state index in [9.17, 15) is 4.79 Å². The molecule has 1 aromatic carbocycles. The number of fused-ring (bicyclic) bond motifs is 1.